The van der Waals surface area contributed by atoms with E-state index in [-0.39, 0.29) is 0 Å². The molecule has 16 heavy (non-hydrogen) atoms. The van der Waals surface area contributed by atoms with E-state index in [1.165, 1.54) is 38.5 Å². The first-order valence-corrected chi connectivity index (χ1v) is 7.04. The molecule has 2 N–H and O–H groups in total. The van der Waals surface area contributed by atoms with Crippen molar-refractivity contribution in [2.24, 2.45) is 17.1 Å². The zero-order chi connectivity index (χ0) is 11.9. The average Bonchev–Trinajstić information content (AvgIpc) is 2.32. The molecule has 0 saturated heterocycles. The fourth-order valence-electron chi connectivity index (χ4n) is 2.98. The number of hydrogen-bond donors (Lipinski definition) is 1. The van der Waals surface area contributed by atoms with Gasteiger partial charge in [-0.2, -0.15) is 0 Å². The molecule has 1 rings (SSSR count). The molecule has 2 nitrogen and oxygen atoms in total. The predicted octanol–water partition coefficient (Wildman–Crippen LogP) is 3.35. The van der Waals surface area contributed by atoms with Crippen molar-refractivity contribution >= 4 is 0 Å². The molecule has 1 fully saturated rings. The van der Waals surface area contributed by atoms with Crippen LogP contribution in [0, 0.1) is 11.3 Å². The molecule has 96 valence electrons. The highest BCUT2D eigenvalue weighted by Gasteiger charge is 2.33. The Morgan fingerprint density at radius 3 is 2.44 bits per heavy atom. The second-order valence-electron chi connectivity index (χ2n) is 5.38. The van der Waals surface area contributed by atoms with Gasteiger partial charge in [0.25, 0.3) is 0 Å². The van der Waals surface area contributed by atoms with Gasteiger partial charge in [-0.1, -0.05) is 19.8 Å². The van der Waals surface area contributed by atoms with Crippen molar-refractivity contribution in [3.63, 3.8) is 0 Å². The molecule has 1 aliphatic carbocycles. The van der Waals surface area contributed by atoms with E-state index >= 15 is 0 Å². The van der Waals surface area contributed by atoms with Gasteiger partial charge in [0, 0.05) is 13.2 Å². The molecule has 2 heteroatoms. The van der Waals surface area contributed by atoms with Gasteiger partial charge >= 0.3 is 0 Å². The summed E-state index contributed by atoms with van der Waals surface area (Å²) in [5.41, 5.74) is 6.39. The van der Waals surface area contributed by atoms with E-state index < -0.39 is 0 Å². The lowest BCUT2D eigenvalue weighted by Crippen LogP contribution is -2.36. The van der Waals surface area contributed by atoms with Crippen LogP contribution in [0.3, 0.4) is 0 Å². The van der Waals surface area contributed by atoms with Gasteiger partial charge in [0.15, 0.2) is 0 Å². The van der Waals surface area contributed by atoms with Gasteiger partial charge in [0.2, 0.25) is 0 Å². The molecule has 0 unspecified atom stereocenters. The molecular formula is C14H29NO. The Morgan fingerprint density at radius 2 is 1.94 bits per heavy atom. The number of nitrogens with two attached hydrogens (primary N) is 1. The standard InChI is InChI=1S/C14H29NO/c1-3-5-13-6-8-14(12-15,9-7-13)10-11-16-4-2/h13H,3-12,15H2,1-2H3. The minimum Gasteiger partial charge on any atom is -0.382 e. The van der Waals surface area contributed by atoms with Gasteiger partial charge < -0.3 is 10.5 Å². The largest absolute Gasteiger partial charge is 0.382 e. The predicted molar refractivity (Wildman–Crippen MR) is 69.5 cm³/mol. The second-order valence-corrected chi connectivity index (χ2v) is 5.38. The van der Waals surface area contributed by atoms with Crippen molar-refractivity contribution < 1.29 is 4.74 Å². The van der Waals surface area contributed by atoms with Gasteiger partial charge in [0.05, 0.1) is 0 Å². The molecule has 1 saturated carbocycles. The van der Waals surface area contributed by atoms with Crippen LogP contribution >= 0.6 is 0 Å². The number of hydrogen-bond acceptors (Lipinski definition) is 2. The third-order valence-electron chi connectivity index (χ3n) is 4.28. The van der Waals surface area contributed by atoms with E-state index in [0.29, 0.717) is 5.41 Å². The van der Waals surface area contributed by atoms with Crippen molar-refractivity contribution in [1.82, 2.24) is 0 Å². The highest BCUT2D eigenvalue weighted by molar-refractivity contribution is 4.86. The summed E-state index contributed by atoms with van der Waals surface area (Å²) in [6, 6.07) is 0. The van der Waals surface area contributed by atoms with Crippen LogP contribution in [-0.4, -0.2) is 19.8 Å². The van der Waals surface area contributed by atoms with E-state index in [4.69, 9.17) is 10.5 Å². The van der Waals surface area contributed by atoms with E-state index in [1.54, 1.807) is 0 Å². The lowest BCUT2D eigenvalue weighted by molar-refractivity contribution is 0.0718. The smallest absolute Gasteiger partial charge is 0.0471 e. The zero-order valence-electron chi connectivity index (χ0n) is 11.1. The molecule has 0 spiro atoms. The van der Waals surface area contributed by atoms with E-state index in [1.807, 2.05) is 0 Å². The molecule has 0 aliphatic heterocycles. The van der Waals surface area contributed by atoms with E-state index in [2.05, 4.69) is 13.8 Å². The molecule has 1 aliphatic rings. The molecule has 0 radical (unpaired) electrons. The van der Waals surface area contributed by atoms with Gasteiger partial charge in [-0.05, 0) is 56.9 Å². The Bertz CT molecular complexity index is 174. The Kier molecular flexibility index (Phi) is 6.37. The normalized spacial score (nSPS) is 30.6. The maximum absolute atomic E-state index is 5.98. The minimum absolute atomic E-state index is 0.402. The molecule has 0 bridgehead atoms. The molecule has 0 heterocycles. The summed E-state index contributed by atoms with van der Waals surface area (Å²) in [5.74, 6) is 0.969. The lowest BCUT2D eigenvalue weighted by atomic mass is 9.68. The van der Waals surface area contributed by atoms with Crippen LogP contribution in [0.15, 0.2) is 0 Å². The van der Waals surface area contributed by atoms with Crippen LogP contribution in [0.4, 0.5) is 0 Å². The maximum atomic E-state index is 5.98. The molecule has 0 atom stereocenters. The van der Waals surface area contributed by atoms with Crippen LogP contribution in [0.2, 0.25) is 0 Å². The van der Waals surface area contributed by atoms with Crippen LogP contribution in [-0.2, 0) is 4.74 Å². The third kappa shape index (κ3) is 4.06. The van der Waals surface area contributed by atoms with Gasteiger partial charge in [-0.15, -0.1) is 0 Å². The maximum Gasteiger partial charge on any atom is 0.0471 e. The number of rotatable bonds is 7. The summed E-state index contributed by atoms with van der Waals surface area (Å²) in [7, 11) is 0. The summed E-state index contributed by atoms with van der Waals surface area (Å²) >= 11 is 0. The SMILES string of the molecule is CCCC1CCC(CN)(CCOCC)CC1. The summed E-state index contributed by atoms with van der Waals surface area (Å²) in [4.78, 5) is 0. The minimum atomic E-state index is 0.402. The fraction of sp³-hybridized carbons (Fsp3) is 1.00. The Labute approximate surface area is 101 Å². The van der Waals surface area contributed by atoms with Crippen molar-refractivity contribution in [3.8, 4) is 0 Å². The Morgan fingerprint density at radius 1 is 1.25 bits per heavy atom. The van der Waals surface area contributed by atoms with Gasteiger partial charge in [-0.3, -0.25) is 0 Å². The van der Waals surface area contributed by atoms with Crippen molar-refractivity contribution in [3.05, 3.63) is 0 Å². The molecule has 0 aromatic heterocycles. The zero-order valence-corrected chi connectivity index (χ0v) is 11.1. The molecule has 0 aromatic carbocycles. The monoisotopic (exact) mass is 227 g/mol. The fourth-order valence-corrected chi connectivity index (χ4v) is 2.98. The average molecular weight is 227 g/mol. The first-order valence-electron chi connectivity index (χ1n) is 7.04. The summed E-state index contributed by atoms with van der Waals surface area (Å²) in [5, 5.41) is 0. The molecule has 0 amide bonds. The Balaban J connectivity index is 2.32. The summed E-state index contributed by atoms with van der Waals surface area (Å²) in [6.07, 6.45) is 9.32. The molecular weight excluding hydrogens is 198 g/mol. The topological polar surface area (TPSA) is 35.2 Å². The van der Waals surface area contributed by atoms with Crippen LogP contribution in [0.25, 0.3) is 0 Å². The first-order chi connectivity index (χ1) is 7.76. The van der Waals surface area contributed by atoms with E-state index in [9.17, 15) is 0 Å². The quantitative estimate of drug-likeness (QED) is 0.677. The summed E-state index contributed by atoms with van der Waals surface area (Å²) in [6.45, 7) is 6.93. The summed E-state index contributed by atoms with van der Waals surface area (Å²) < 4.78 is 5.48. The van der Waals surface area contributed by atoms with Crippen molar-refractivity contribution in [2.45, 2.75) is 58.8 Å². The highest BCUT2D eigenvalue weighted by atomic mass is 16.5. The van der Waals surface area contributed by atoms with Crippen molar-refractivity contribution in [2.75, 3.05) is 19.8 Å². The van der Waals surface area contributed by atoms with Gasteiger partial charge in [-0.25, -0.2) is 0 Å². The van der Waals surface area contributed by atoms with Gasteiger partial charge in [0.1, 0.15) is 0 Å². The Hall–Kier alpha value is -0.0800. The highest BCUT2D eigenvalue weighted by Crippen LogP contribution is 2.42. The lowest BCUT2D eigenvalue weighted by Gasteiger charge is -2.39. The van der Waals surface area contributed by atoms with Crippen LogP contribution < -0.4 is 5.73 Å². The van der Waals surface area contributed by atoms with Crippen LogP contribution in [0.1, 0.15) is 58.8 Å². The van der Waals surface area contributed by atoms with E-state index in [0.717, 1.165) is 32.1 Å². The second kappa shape index (κ2) is 7.29. The molecule has 0 aromatic rings. The van der Waals surface area contributed by atoms with Crippen LogP contribution in [0.5, 0.6) is 0 Å². The van der Waals surface area contributed by atoms with Crippen molar-refractivity contribution in [1.29, 1.82) is 0 Å². The first kappa shape index (κ1) is 14.0. The third-order valence-corrected chi connectivity index (χ3v) is 4.28. The number of ether oxygens (including phenoxy) is 1.